The molecule has 1 aliphatic carbocycles. The summed E-state index contributed by atoms with van der Waals surface area (Å²) >= 11 is 0. The average molecular weight is 294 g/mol. The zero-order valence-electron chi connectivity index (χ0n) is 13.7. The molecule has 1 aromatic heterocycles. The third-order valence-corrected chi connectivity index (χ3v) is 4.82. The van der Waals surface area contributed by atoms with Crippen LogP contribution in [0.25, 0.3) is 0 Å². The van der Waals surface area contributed by atoms with Gasteiger partial charge in [-0.1, -0.05) is 19.8 Å². The van der Waals surface area contributed by atoms with Crippen LogP contribution in [0.1, 0.15) is 38.2 Å². The van der Waals surface area contributed by atoms with E-state index in [1.165, 1.54) is 31.2 Å². The second-order valence-corrected chi connectivity index (χ2v) is 6.76. The third-order valence-electron chi connectivity index (χ3n) is 4.82. The normalized spacial score (nSPS) is 26.4. The number of aliphatic hydroxyl groups is 1. The fourth-order valence-electron chi connectivity index (χ4n) is 3.52. The van der Waals surface area contributed by atoms with Gasteiger partial charge in [0.15, 0.2) is 0 Å². The van der Waals surface area contributed by atoms with E-state index < -0.39 is 0 Å². The number of rotatable bonds is 7. The lowest BCUT2D eigenvalue weighted by atomic mass is 9.75. The van der Waals surface area contributed by atoms with Gasteiger partial charge >= 0.3 is 0 Å². The van der Waals surface area contributed by atoms with E-state index in [1.54, 1.807) is 4.68 Å². The van der Waals surface area contributed by atoms with Crippen LogP contribution in [-0.2, 0) is 13.1 Å². The molecule has 1 heterocycles. The van der Waals surface area contributed by atoms with Gasteiger partial charge in [-0.3, -0.25) is 4.68 Å². The molecule has 5 heteroatoms. The van der Waals surface area contributed by atoms with E-state index >= 15 is 0 Å². The van der Waals surface area contributed by atoms with Gasteiger partial charge in [-0.25, -0.2) is 0 Å². The minimum Gasteiger partial charge on any atom is -0.394 e. The number of aliphatic hydroxyl groups excluding tert-OH is 1. The lowest BCUT2D eigenvalue weighted by Crippen LogP contribution is -2.54. The predicted octanol–water partition coefficient (Wildman–Crippen LogP) is 1.48. The van der Waals surface area contributed by atoms with E-state index in [-0.39, 0.29) is 6.61 Å². The maximum Gasteiger partial charge on any atom is 0.0640 e. The highest BCUT2D eigenvalue weighted by Gasteiger charge is 2.36. The first-order valence-electron chi connectivity index (χ1n) is 8.06. The Hall–Kier alpha value is -0.910. The molecule has 0 spiro atoms. The minimum absolute atomic E-state index is 0.135. The first kappa shape index (κ1) is 16.5. The Labute approximate surface area is 128 Å². The Morgan fingerprint density at radius 2 is 2.33 bits per heavy atom. The zero-order chi connectivity index (χ0) is 15.3. The number of nitrogens with zero attached hydrogens (tertiary/aromatic N) is 3. The van der Waals surface area contributed by atoms with Crippen molar-refractivity contribution in [3.8, 4) is 0 Å². The number of nitrogens with one attached hydrogen (secondary N) is 1. The highest BCUT2D eigenvalue weighted by Crippen LogP contribution is 2.35. The number of aromatic nitrogens is 2. The maximum absolute atomic E-state index is 8.91. The molecular weight excluding hydrogens is 264 g/mol. The van der Waals surface area contributed by atoms with E-state index in [4.69, 9.17) is 5.11 Å². The van der Waals surface area contributed by atoms with Gasteiger partial charge in [0.2, 0.25) is 0 Å². The molecule has 1 saturated carbocycles. The largest absolute Gasteiger partial charge is 0.394 e. The van der Waals surface area contributed by atoms with E-state index in [2.05, 4.69) is 36.3 Å². The Balaban J connectivity index is 1.87. The smallest absolute Gasteiger partial charge is 0.0640 e. The zero-order valence-corrected chi connectivity index (χ0v) is 13.7. The summed E-state index contributed by atoms with van der Waals surface area (Å²) in [6.45, 7) is 4.94. The van der Waals surface area contributed by atoms with Crippen LogP contribution in [0.5, 0.6) is 0 Å². The fourth-order valence-corrected chi connectivity index (χ4v) is 3.52. The molecule has 1 aliphatic rings. The summed E-state index contributed by atoms with van der Waals surface area (Å²) in [7, 11) is 4.41. The van der Waals surface area contributed by atoms with Crippen LogP contribution in [0.3, 0.4) is 0 Å². The first-order chi connectivity index (χ1) is 10.1. The molecule has 2 N–H and O–H groups in total. The molecule has 0 aromatic carbocycles. The second-order valence-electron chi connectivity index (χ2n) is 6.76. The average Bonchev–Trinajstić information content (AvgIpc) is 2.87. The van der Waals surface area contributed by atoms with Crippen LogP contribution < -0.4 is 5.32 Å². The molecule has 0 radical (unpaired) electrons. The summed E-state index contributed by atoms with van der Waals surface area (Å²) in [5.41, 5.74) is 1.47. The van der Waals surface area contributed by atoms with Gasteiger partial charge in [0.05, 0.1) is 19.3 Å². The molecule has 0 saturated heterocycles. The molecule has 2 atom stereocenters. The van der Waals surface area contributed by atoms with Gasteiger partial charge in [-0.15, -0.1) is 0 Å². The van der Waals surface area contributed by atoms with Gasteiger partial charge in [0.25, 0.3) is 0 Å². The highest BCUT2D eigenvalue weighted by molar-refractivity contribution is 5.04. The van der Waals surface area contributed by atoms with Crippen molar-refractivity contribution in [3.63, 3.8) is 0 Å². The molecule has 5 nitrogen and oxygen atoms in total. The van der Waals surface area contributed by atoms with Gasteiger partial charge in [0.1, 0.15) is 0 Å². The van der Waals surface area contributed by atoms with Crippen LogP contribution in [0, 0.1) is 5.92 Å². The molecule has 0 aliphatic heterocycles. The summed E-state index contributed by atoms with van der Waals surface area (Å²) in [5.74, 6) is 0.815. The summed E-state index contributed by atoms with van der Waals surface area (Å²) in [6.07, 6.45) is 9.14. The predicted molar refractivity (Wildman–Crippen MR) is 85.1 cm³/mol. The fraction of sp³-hybridized carbons (Fsp3) is 0.812. The number of hydrogen-bond donors (Lipinski definition) is 2. The topological polar surface area (TPSA) is 53.3 Å². The SMILES string of the molecule is CC1CCCC(CNCc2cnn(CCO)c2)(N(C)C)C1. The van der Waals surface area contributed by atoms with Crippen molar-refractivity contribution >= 4 is 0 Å². The van der Waals surface area contributed by atoms with Crippen molar-refractivity contribution in [2.45, 2.75) is 51.2 Å². The van der Waals surface area contributed by atoms with Crippen molar-refractivity contribution in [1.82, 2.24) is 20.0 Å². The van der Waals surface area contributed by atoms with Crippen LogP contribution >= 0.6 is 0 Å². The molecule has 21 heavy (non-hydrogen) atoms. The van der Waals surface area contributed by atoms with Gasteiger partial charge in [-0.2, -0.15) is 5.10 Å². The number of hydrogen-bond acceptors (Lipinski definition) is 4. The van der Waals surface area contributed by atoms with Crippen molar-refractivity contribution in [1.29, 1.82) is 0 Å². The Kier molecular flexibility index (Phi) is 5.79. The molecular formula is C16H30N4O. The third kappa shape index (κ3) is 4.28. The standard InChI is InChI=1S/C16H30N4O/c1-14-5-4-6-16(9-14,19(2)3)13-17-10-15-11-18-20(12-15)7-8-21/h11-12,14,17,21H,4-10,13H2,1-3H3. The van der Waals surface area contributed by atoms with Crippen molar-refractivity contribution in [2.75, 3.05) is 27.2 Å². The van der Waals surface area contributed by atoms with Crippen LogP contribution in [0.15, 0.2) is 12.4 Å². The van der Waals surface area contributed by atoms with Crippen LogP contribution in [0.4, 0.5) is 0 Å². The Bertz CT molecular complexity index is 432. The lowest BCUT2D eigenvalue weighted by Gasteiger charge is -2.45. The van der Waals surface area contributed by atoms with Crippen molar-refractivity contribution in [2.24, 2.45) is 5.92 Å². The van der Waals surface area contributed by atoms with E-state index in [0.29, 0.717) is 12.1 Å². The van der Waals surface area contributed by atoms with Gasteiger partial charge in [0, 0.05) is 30.4 Å². The first-order valence-corrected chi connectivity index (χ1v) is 8.06. The van der Waals surface area contributed by atoms with E-state index in [9.17, 15) is 0 Å². The molecule has 1 fully saturated rings. The summed E-state index contributed by atoms with van der Waals surface area (Å²) in [5, 5.41) is 16.8. The summed E-state index contributed by atoms with van der Waals surface area (Å²) in [6, 6.07) is 0. The number of likely N-dealkylation sites (N-methyl/N-ethyl adjacent to an activating group) is 1. The summed E-state index contributed by atoms with van der Waals surface area (Å²) in [4.78, 5) is 2.41. The molecule has 2 unspecified atom stereocenters. The molecule has 0 bridgehead atoms. The van der Waals surface area contributed by atoms with Crippen LogP contribution in [-0.4, -0.2) is 52.6 Å². The Morgan fingerprint density at radius 3 is 3.00 bits per heavy atom. The van der Waals surface area contributed by atoms with E-state index in [1.807, 2.05) is 12.4 Å². The molecule has 120 valence electrons. The maximum atomic E-state index is 8.91. The quantitative estimate of drug-likeness (QED) is 0.800. The van der Waals surface area contributed by atoms with Gasteiger partial charge < -0.3 is 15.3 Å². The van der Waals surface area contributed by atoms with Crippen molar-refractivity contribution < 1.29 is 5.11 Å². The second kappa shape index (κ2) is 7.38. The lowest BCUT2D eigenvalue weighted by molar-refractivity contribution is 0.0749. The Morgan fingerprint density at radius 1 is 1.52 bits per heavy atom. The molecule has 0 amide bonds. The van der Waals surface area contributed by atoms with Gasteiger partial charge in [-0.05, 0) is 32.9 Å². The van der Waals surface area contributed by atoms with E-state index in [0.717, 1.165) is 19.0 Å². The molecule has 2 rings (SSSR count). The molecule has 1 aromatic rings. The minimum atomic E-state index is 0.135. The van der Waals surface area contributed by atoms with Crippen LogP contribution in [0.2, 0.25) is 0 Å². The summed E-state index contributed by atoms with van der Waals surface area (Å²) < 4.78 is 1.79. The van der Waals surface area contributed by atoms with Crippen molar-refractivity contribution in [3.05, 3.63) is 18.0 Å². The monoisotopic (exact) mass is 294 g/mol. The highest BCUT2D eigenvalue weighted by atomic mass is 16.3.